The highest BCUT2D eigenvalue weighted by Crippen LogP contribution is 2.38. The number of anilines is 1. The van der Waals surface area contributed by atoms with E-state index in [0.29, 0.717) is 26.9 Å². The zero-order valence-corrected chi connectivity index (χ0v) is 17.8. The van der Waals surface area contributed by atoms with Gasteiger partial charge in [0.05, 0.1) is 11.7 Å². The van der Waals surface area contributed by atoms with E-state index in [2.05, 4.69) is 11.4 Å². The number of hydrogen-bond acceptors (Lipinski definition) is 5. The van der Waals surface area contributed by atoms with Gasteiger partial charge in [0.2, 0.25) is 0 Å². The first kappa shape index (κ1) is 20.9. The van der Waals surface area contributed by atoms with Crippen LogP contribution in [0, 0.1) is 22.7 Å². The first-order chi connectivity index (χ1) is 13.9. The van der Waals surface area contributed by atoms with Crippen molar-refractivity contribution in [1.29, 1.82) is 10.5 Å². The van der Waals surface area contributed by atoms with E-state index < -0.39 is 5.91 Å². The van der Waals surface area contributed by atoms with Crippen LogP contribution in [0.15, 0.2) is 23.8 Å². The molecular formula is C22H20ClN3O2S. The molecule has 0 saturated heterocycles. The molecule has 0 aliphatic heterocycles. The number of benzene rings is 1. The fraction of sp³-hybridized carbons (Fsp3) is 0.318. The molecule has 0 unspecified atom stereocenters. The van der Waals surface area contributed by atoms with Crippen LogP contribution in [0.5, 0.6) is 5.75 Å². The van der Waals surface area contributed by atoms with Gasteiger partial charge < -0.3 is 10.1 Å². The number of nitrogens with zero attached hydrogens (tertiary/aromatic N) is 2. The standard InChI is InChI=1S/C22H20ClN3O2S/c1-13(2)28-19-8-7-16(23)10-14(19)9-15(11-24)21(27)26-22-18(12-25)17-5-3-4-6-20(17)29-22/h7-10,13H,3-6H2,1-2H3,(H,26,27). The number of thiophene rings is 1. The minimum absolute atomic E-state index is 0.0710. The van der Waals surface area contributed by atoms with Gasteiger partial charge in [0.1, 0.15) is 28.5 Å². The van der Waals surface area contributed by atoms with Crippen LogP contribution in [0.2, 0.25) is 5.02 Å². The molecule has 0 radical (unpaired) electrons. The summed E-state index contributed by atoms with van der Waals surface area (Å²) >= 11 is 7.51. The molecule has 1 aliphatic rings. The van der Waals surface area contributed by atoms with Crippen LogP contribution < -0.4 is 10.1 Å². The fourth-order valence-electron chi connectivity index (χ4n) is 3.24. The van der Waals surface area contributed by atoms with Gasteiger partial charge in [-0.25, -0.2) is 0 Å². The van der Waals surface area contributed by atoms with Crippen molar-refractivity contribution in [3.63, 3.8) is 0 Å². The number of halogens is 1. The van der Waals surface area contributed by atoms with Crippen LogP contribution in [0.25, 0.3) is 6.08 Å². The number of rotatable bonds is 5. The van der Waals surface area contributed by atoms with E-state index >= 15 is 0 Å². The van der Waals surface area contributed by atoms with Crippen molar-refractivity contribution < 1.29 is 9.53 Å². The van der Waals surface area contributed by atoms with Crippen molar-refractivity contribution in [2.75, 3.05) is 5.32 Å². The first-order valence-corrected chi connectivity index (χ1v) is 10.6. The van der Waals surface area contributed by atoms with E-state index in [4.69, 9.17) is 16.3 Å². The zero-order valence-electron chi connectivity index (χ0n) is 16.2. The van der Waals surface area contributed by atoms with Crippen molar-refractivity contribution in [3.8, 4) is 17.9 Å². The average Bonchev–Trinajstić information content (AvgIpc) is 3.04. The summed E-state index contributed by atoms with van der Waals surface area (Å²) in [4.78, 5) is 13.9. The molecule has 0 atom stereocenters. The molecule has 1 heterocycles. The molecule has 5 nitrogen and oxygen atoms in total. The SMILES string of the molecule is CC(C)Oc1ccc(Cl)cc1C=C(C#N)C(=O)Nc1sc2c(c1C#N)CCCC2. The Labute approximate surface area is 179 Å². The molecule has 0 bridgehead atoms. The lowest BCUT2D eigenvalue weighted by Crippen LogP contribution is -2.13. The summed E-state index contributed by atoms with van der Waals surface area (Å²) in [6.45, 7) is 3.78. The summed E-state index contributed by atoms with van der Waals surface area (Å²) in [6, 6.07) is 9.20. The van der Waals surface area contributed by atoms with E-state index in [1.54, 1.807) is 18.2 Å². The molecule has 29 heavy (non-hydrogen) atoms. The van der Waals surface area contributed by atoms with Gasteiger partial charge in [0.25, 0.3) is 5.91 Å². The maximum Gasteiger partial charge on any atom is 0.266 e. The Balaban J connectivity index is 1.91. The molecule has 1 amide bonds. The minimum Gasteiger partial charge on any atom is -0.490 e. The molecule has 1 aromatic carbocycles. The number of carbonyl (C=O) groups excluding carboxylic acids is 1. The summed E-state index contributed by atoms with van der Waals surface area (Å²) in [5, 5.41) is 22.8. The molecule has 3 rings (SSSR count). The molecule has 1 N–H and O–H groups in total. The maximum atomic E-state index is 12.8. The van der Waals surface area contributed by atoms with E-state index in [-0.39, 0.29) is 11.7 Å². The summed E-state index contributed by atoms with van der Waals surface area (Å²) in [6.07, 6.45) is 5.29. The number of ether oxygens (including phenoxy) is 1. The third kappa shape index (κ3) is 4.79. The molecule has 0 fully saturated rings. The van der Waals surface area contributed by atoms with Crippen LogP contribution in [0.3, 0.4) is 0 Å². The Bertz CT molecular complexity index is 1060. The molecule has 0 spiro atoms. The Kier molecular flexibility index (Phi) is 6.59. The largest absolute Gasteiger partial charge is 0.490 e. The monoisotopic (exact) mass is 425 g/mol. The maximum absolute atomic E-state index is 12.8. The summed E-state index contributed by atoms with van der Waals surface area (Å²) in [7, 11) is 0. The Morgan fingerprint density at radius 2 is 2.07 bits per heavy atom. The predicted octanol–water partition coefficient (Wildman–Crippen LogP) is 5.48. The molecule has 0 saturated carbocycles. The van der Waals surface area contributed by atoms with Gasteiger partial charge >= 0.3 is 0 Å². The number of nitriles is 2. The van der Waals surface area contributed by atoms with Crippen molar-refractivity contribution in [3.05, 3.63) is 50.4 Å². The number of nitrogens with one attached hydrogen (secondary N) is 1. The summed E-state index contributed by atoms with van der Waals surface area (Å²) in [5.74, 6) is -0.0210. The van der Waals surface area contributed by atoms with Crippen molar-refractivity contribution >= 4 is 39.9 Å². The molecule has 148 valence electrons. The lowest BCUT2D eigenvalue weighted by atomic mass is 9.96. The summed E-state index contributed by atoms with van der Waals surface area (Å²) < 4.78 is 5.75. The molecule has 7 heteroatoms. The molecule has 1 aromatic heterocycles. The highest BCUT2D eigenvalue weighted by atomic mass is 35.5. The second kappa shape index (κ2) is 9.13. The van der Waals surface area contributed by atoms with Gasteiger partial charge in [-0.3, -0.25) is 4.79 Å². The summed E-state index contributed by atoms with van der Waals surface area (Å²) in [5.41, 5.74) is 2.01. The number of aryl methyl sites for hydroxylation is 1. The number of carbonyl (C=O) groups is 1. The van der Waals surface area contributed by atoms with Crippen molar-refractivity contribution in [2.24, 2.45) is 0 Å². The average molecular weight is 426 g/mol. The Hall–Kier alpha value is -2.80. The lowest BCUT2D eigenvalue weighted by molar-refractivity contribution is -0.112. The van der Waals surface area contributed by atoms with Gasteiger partial charge in [-0.15, -0.1) is 11.3 Å². The van der Waals surface area contributed by atoms with Crippen molar-refractivity contribution in [2.45, 2.75) is 45.6 Å². The Morgan fingerprint density at radius 3 is 2.76 bits per heavy atom. The Morgan fingerprint density at radius 1 is 1.31 bits per heavy atom. The normalized spacial score (nSPS) is 13.4. The third-order valence-electron chi connectivity index (χ3n) is 4.51. The van der Waals surface area contributed by atoms with Crippen LogP contribution in [0.1, 0.15) is 48.3 Å². The smallest absolute Gasteiger partial charge is 0.266 e. The highest BCUT2D eigenvalue weighted by Gasteiger charge is 2.23. The lowest BCUT2D eigenvalue weighted by Gasteiger charge is -2.13. The van der Waals surface area contributed by atoms with Gasteiger partial charge in [-0.05, 0) is 69.4 Å². The van der Waals surface area contributed by atoms with Gasteiger partial charge in [-0.1, -0.05) is 11.6 Å². The third-order valence-corrected chi connectivity index (χ3v) is 5.95. The van der Waals surface area contributed by atoms with Gasteiger partial charge in [-0.2, -0.15) is 10.5 Å². The molecule has 1 aliphatic carbocycles. The zero-order chi connectivity index (χ0) is 21.0. The van der Waals surface area contributed by atoms with E-state index in [1.165, 1.54) is 17.4 Å². The van der Waals surface area contributed by atoms with Gasteiger partial charge in [0, 0.05) is 15.5 Å². The quantitative estimate of drug-likeness (QED) is 0.507. The first-order valence-electron chi connectivity index (χ1n) is 9.37. The van der Waals surface area contributed by atoms with E-state index in [1.807, 2.05) is 19.9 Å². The number of amides is 1. The van der Waals surface area contributed by atoms with E-state index in [0.717, 1.165) is 36.1 Å². The van der Waals surface area contributed by atoms with Crippen LogP contribution in [-0.4, -0.2) is 12.0 Å². The predicted molar refractivity (Wildman–Crippen MR) is 115 cm³/mol. The minimum atomic E-state index is -0.557. The van der Waals surface area contributed by atoms with Crippen LogP contribution in [-0.2, 0) is 17.6 Å². The second-order valence-corrected chi connectivity index (χ2v) is 8.54. The van der Waals surface area contributed by atoms with Crippen LogP contribution >= 0.6 is 22.9 Å². The van der Waals surface area contributed by atoms with Gasteiger partial charge in [0.15, 0.2) is 0 Å². The van der Waals surface area contributed by atoms with Crippen LogP contribution in [0.4, 0.5) is 5.00 Å². The second-order valence-electron chi connectivity index (χ2n) is 7.00. The molecular weight excluding hydrogens is 406 g/mol. The topological polar surface area (TPSA) is 85.9 Å². The molecule has 2 aromatic rings. The number of fused-ring (bicyclic) bond motifs is 1. The van der Waals surface area contributed by atoms with E-state index in [9.17, 15) is 15.3 Å². The van der Waals surface area contributed by atoms with Crippen molar-refractivity contribution in [1.82, 2.24) is 0 Å². The fourth-order valence-corrected chi connectivity index (χ4v) is 4.66. The number of hydrogen-bond donors (Lipinski definition) is 1. The highest BCUT2D eigenvalue weighted by molar-refractivity contribution is 7.16.